The first-order valence-electron chi connectivity index (χ1n) is 11.8. The zero-order valence-corrected chi connectivity index (χ0v) is 19.9. The number of fused-ring (bicyclic) bond motifs is 2. The van der Waals surface area contributed by atoms with Gasteiger partial charge < -0.3 is 15.7 Å². The lowest BCUT2D eigenvalue weighted by Crippen LogP contribution is -2.15. The van der Waals surface area contributed by atoms with E-state index in [1.807, 2.05) is 18.2 Å². The molecule has 0 aliphatic carbocycles. The summed E-state index contributed by atoms with van der Waals surface area (Å²) >= 11 is 0. The van der Waals surface area contributed by atoms with Crippen molar-refractivity contribution < 1.29 is 5.11 Å². The van der Waals surface area contributed by atoms with Gasteiger partial charge in [0.25, 0.3) is 0 Å². The molecule has 0 atom stereocenters. The van der Waals surface area contributed by atoms with Crippen molar-refractivity contribution in [3.05, 3.63) is 102 Å². The summed E-state index contributed by atoms with van der Waals surface area (Å²) in [5.74, 6) is 0.294. The molecule has 5 rings (SSSR count). The Kier molecular flexibility index (Phi) is 5.85. The lowest BCUT2D eigenvalue weighted by molar-refractivity contribution is 0.478. The van der Waals surface area contributed by atoms with Crippen LogP contribution in [0, 0.1) is 20.8 Å². The summed E-state index contributed by atoms with van der Waals surface area (Å²) in [7, 11) is 0. The van der Waals surface area contributed by atoms with Gasteiger partial charge in [-0.25, -0.2) is 0 Å². The number of rotatable bonds is 6. The van der Waals surface area contributed by atoms with E-state index in [4.69, 9.17) is 0 Å². The molecule has 3 N–H and O–H groups in total. The molecular formula is C31H30N2O. The average Bonchev–Trinajstić information content (AvgIpc) is 2.83. The Morgan fingerprint density at radius 3 is 1.85 bits per heavy atom. The van der Waals surface area contributed by atoms with E-state index in [1.165, 1.54) is 22.4 Å². The highest BCUT2D eigenvalue weighted by molar-refractivity contribution is 6.11. The zero-order chi connectivity index (χ0) is 23.7. The number of nitrogens with one attached hydrogen (secondary N) is 2. The second-order valence-electron chi connectivity index (χ2n) is 9.02. The van der Waals surface area contributed by atoms with Crippen LogP contribution < -0.4 is 10.6 Å². The molecule has 0 aromatic heterocycles. The van der Waals surface area contributed by atoms with Crippen LogP contribution in [0.1, 0.15) is 16.7 Å². The van der Waals surface area contributed by atoms with Crippen LogP contribution in [0.4, 0.5) is 11.4 Å². The number of hydrogen-bond donors (Lipinski definition) is 3. The van der Waals surface area contributed by atoms with E-state index in [9.17, 15) is 5.11 Å². The largest absolute Gasteiger partial charge is 0.507 e. The number of aryl methyl sites for hydroxylation is 3. The minimum atomic E-state index is 0.294. The monoisotopic (exact) mass is 446 g/mol. The highest BCUT2D eigenvalue weighted by Gasteiger charge is 2.16. The summed E-state index contributed by atoms with van der Waals surface area (Å²) in [6.07, 6.45) is 0. The molecule has 0 aliphatic heterocycles. The Labute approximate surface area is 201 Å². The molecule has 0 bridgehead atoms. The summed E-state index contributed by atoms with van der Waals surface area (Å²) in [5, 5.41) is 22.7. The Bertz CT molecular complexity index is 1480. The Balaban J connectivity index is 1.52. The number of phenols is 1. The molecule has 0 unspecified atom stereocenters. The molecule has 34 heavy (non-hydrogen) atoms. The molecule has 0 amide bonds. The van der Waals surface area contributed by atoms with Crippen LogP contribution in [0.25, 0.3) is 32.7 Å². The van der Waals surface area contributed by atoms with Gasteiger partial charge in [-0.05, 0) is 65.6 Å². The van der Waals surface area contributed by atoms with Gasteiger partial charge in [0.05, 0.1) is 0 Å². The molecule has 3 nitrogen and oxygen atoms in total. The van der Waals surface area contributed by atoms with Crippen LogP contribution in [0.3, 0.4) is 0 Å². The SMILES string of the molecule is Cc1cc(C)c(NCCNc2ccc3ccccc3c2-c2c(O)ccc3ccccc23)c(C)c1. The summed E-state index contributed by atoms with van der Waals surface area (Å²) in [6.45, 7) is 7.98. The molecule has 0 aliphatic rings. The van der Waals surface area contributed by atoms with Crippen molar-refractivity contribution in [2.75, 3.05) is 23.7 Å². The first kappa shape index (κ1) is 21.8. The van der Waals surface area contributed by atoms with Gasteiger partial charge in [0.1, 0.15) is 5.75 Å². The fraction of sp³-hybridized carbons (Fsp3) is 0.161. The van der Waals surface area contributed by atoms with E-state index in [-0.39, 0.29) is 0 Å². The minimum absolute atomic E-state index is 0.294. The van der Waals surface area contributed by atoms with E-state index in [0.29, 0.717) is 5.75 Å². The first-order valence-corrected chi connectivity index (χ1v) is 11.8. The van der Waals surface area contributed by atoms with Gasteiger partial charge in [0.15, 0.2) is 0 Å². The number of phenolic OH excluding ortho intramolecular Hbond substituents is 1. The van der Waals surface area contributed by atoms with E-state index in [0.717, 1.165) is 51.4 Å². The second kappa shape index (κ2) is 9.11. The molecule has 170 valence electrons. The second-order valence-corrected chi connectivity index (χ2v) is 9.02. The molecule has 0 saturated heterocycles. The maximum Gasteiger partial charge on any atom is 0.124 e. The third kappa shape index (κ3) is 4.06. The molecule has 5 aromatic carbocycles. The topological polar surface area (TPSA) is 44.3 Å². The normalized spacial score (nSPS) is 11.1. The van der Waals surface area contributed by atoms with Gasteiger partial charge in [-0.15, -0.1) is 0 Å². The van der Waals surface area contributed by atoms with Gasteiger partial charge in [-0.1, -0.05) is 78.4 Å². The van der Waals surface area contributed by atoms with Crippen LogP contribution in [0.2, 0.25) is 0 Å². The predicted molar refractivity (Wildman–Crippen MR) is 146 cm³/mol. The zero-order valence-electron chi connectivity index (χ0n) is 19.9. The van der Waals surface area contributed by atoms with Gasteiger partial charge in [-0.3, -0.25) is 0 Å². The third-order valence-corrected chi connectivity index (χ3v) is 6.51. The minimum Gasteiger partial charge on any atom is -0.507 e. The van der Waals surface area contributed by atoms with Crippen molar-refractivity contribution >= 4 is 32.9 Å². The lowest BCUT2D eigenvalue weighted by Gasteiger charge is -2.19. The Morgan fingerprint density at radius 1 is 0.618 bits per heavy atom. The van der Waals surface area contributed by atoms with E-state index >= 15 is 0 Å². The van der Waals surface area contributed by atoms with Crippen molar-refractivity contribution in [1.29, 1.82) is 0 Å². The molecule has 0 fully saturated rings. The molecule has 0 heterocycles. The molecular weight excluding hydrogens is 416 g/mol. The van der Waals surface area contributed by atoms with Crippen LogP contribution in [0.15, 0.2) is 84.9 Å². The molecule has 5 aromatic rings. The van der Waals surface area contributed by atoms with Crippen molar-refractivity contribution in [2.24, 2.45) is 0 Å². The first-order chi connectivity index (χ1) is 16.5. The van der Waals surface area contributed by atoms with Crippen LogP contribution >= 0.6 is 0 Å². The van der Waals surface area contributed by atoms with Crippen molar-refractivity contribution in [3.8, 4) is 16.9 Å². The summed E-state index contributed by atoms with van der Waals surface area (Å²) in [6, 6.07) is 29.1. The average molecular weight is 447 g/mol. The van der Waals surface area contributed by atoms with Gasteiger partial charge in [-0.2, -0.15) is 0 Å². The van der Waals surface area contributed by atoms with Crippen molar-refractivity contribution in [1.82, 2.24) is 0 Å². The van der Waals surface area contributed by atoms with Crippen LogP contribution in [0.5, 0.6) is 5.75 Å². The van der Waals surface area contributed by atoms with E-state index in [2.05, 4.69) is 92.1 Å². The number of benzene rings is 5. The Morgan fingerprint density at radius 2 is 1.18 bits per heavy atom. The lowest BCUT2D eigenvalue weighted by atomic mass is 9.91. The van der Waals surface area contributed by atoms with Crippen LogP contribution in [-0.2, 0) is 0 Å². The van der Waals surface area contributed by atoms with E-state index < -0.39 is 0 Å². The molecule has 0 saturated carbocycles. The molecule has 0 radical (unpaired) electrons. The maximum atomic E-state index is 11.0. The molecule has 3 heteroatoms. The van der Waals surface area contributed by atoms with Crippen molar-refractivity contribution in [2.45, 2.75) is 20.8 Å². The molecule has 0 spiro atoms. The summed E-state index contributed by atoms with van der Waals surface area (Å²) < 4.78 is 0. The maximum absolute atomic E-state index is 11.0. The smallest absolute Gasteiger partial charge is 0.124 e. The highest BCUT2D eigenvalue weighted by atomic mass is 16.3. The standard InChI is InChI=1S/C31H30N2O/c1-20-18-21(2)31(22(3)19-20)33-17-16-32-27-14-12-23-8-4-6-10-25(23)29(27)30-26-11-7-5-9-24(26)13-15-28(30)34/h4-15,18-19,32-34H,16-17H2,1-3H3. The van der Waals surface area contributed by atoms with Gasteiger partial charge in [0.2, 0.25) is 0 Å². The highest BCUT2D eigenvalue weighted by Crippen LogP contribution is 2.43. The number of hydrogen-bond acceptors (Lipinski definition) is 3. The number of aromatic hydroxyl groups is 1. The van der Waals surface area contributed by atoms with Crippen LogP contribution in [-0.4, -0.2) is 18.2 Å². The van der Waals surface area contributed by atoms with Crippen molar-refractivity contribution in [3.63, 3.8) is 0 Å². The fourth-order valence-electron chi connectivity index (χ4n) is 5.05. The quantitative estimate of drug-likeness (QED) is 0.233. The third-order valence-electron chi connectivity index (χ3n) is 6.51. The fourth-order valence-corrected chi connectivity index (χ4v) is 5.05. The van der Waals surface area contributed by atoms with Gasteiger partial charge in [0, 0.05) is 35.6 Å². The van der Waals surface area contributed by atoms with E-state index in [1.54, 1.807) is 6.07 Å². The Hall–Kier alpha value is -3.98. The van der Waals surface area contributed by atoms with Gasteiger partial charge >= 0.3 is 0 Å². The summed E-state index contributed by atoms with van der Waals surface area (Å²) in [4.78, 5) is 0. The summed E-state index contributed by atoms with van der Waals surface area (Å²) in [5.41, 5.74) is 7.96. The predicted octanol–water partition coefficient (Wildman–Crippen LogP) is 7.81. The number of anilines is 2.